The lowest BCUT2D eigenvalue weighted by Gasteiger charge is -2.07. The van der Waals surface area contributed by atoms with Crippen LogP contribution in [0, 0.1) is 6.92 Å². The molecule has 0 radical (unpaired) electrons. The van der Waals surface area contributed by atoms with Crippen molar-refractivity contribution in [2.24, 2.45) is 0 Å². The molecule has 5 heteroatoms. The van der Waals surface area contributed by atoms with Gasteiger partial charge in [-0.3, -0.25) is 4.79 Å². The number of carbonyl (C=O) groups is 2. The quantitative estimate of drug-likeness (QED) is 0.572. The zero-order valence-electron chi connectivity index (χ0n) is 12.4. The second kappa shape index (κ2) is 9.23. The van der Waals surface area contributed by atoms with Gasteiger partial charge in [0.15, 0.2) is 0 Å². The summed E-state index contributed by atoms with van der Waals surface area (Å²) in [5, 5.41) is 11.5. The van der Waals surface area contributed by atoms with Crippen LogP contribution in [0.2, 0.25) is 0 Å². The van der Waals surface area contributed by atoms with E-state index in [-0.39, 0.29) is 5.91 Å². The molecular weight excluding hydrogens is 286 g/mol. The van der Waals surface area contributed by atoms with Crippen LogP contribution in [0.3, 0.4) is 0 Å². The molecule has 0 fully saturated rings. The van der Waals surface area contributed by atoms with Gasteiger partial charge in [0, 0.05) is 18.2 Å². The predicted molar refractivity (Wildman–Crippen MR) is 87.8 cm³/mol. The van der Waals surface area contributed by atoms with Crippen LogP contribution >= 0.6 is 11.8 Å². The number of benzene rings is 1. The Balaban J connectivity index is 2.57. The first-order valence-corrected chi connectivity index (χ1v) is 8.22. The number of hydrogen-bond acceptors (Lipinski definition) is 3. The number of aliphatic carboxylic acids is 1. The van der Waals surface area contributed by atoms with Crippen LogP contribution in [-0.2, 0) is 4.79 Å². The highest BCUT2D eigenvalue weighted by Gasteiger charge is 2.06. The van der Waals surface area contributed by atoms with E-state index in [0.29, 0.717) is 12.1 Å². The Labute approximate surface area is 129 Å². The molecule has 0 bridgehead atoms. The Kier molecular flexibility index (Phi) is 7.61. The van der Waals surface area contributed by atoms with Gasteiger partial charge in [-0.2, -0.15) is 11.8 Å². The van der Waals surface area contributed by atoms with Gasteiger partial charge in [0.2, 0.25) is 0 Å². The van der Waals surface area contributed by atoms with E-state index in [4.69, 9.17) is 5.11 Å². The lowest BCUT2D eigenvalue weighted by Crippen LogP contribution is -2.24. The second-order valence-electron chi connectivity index (χ2n) is 4.70. The molecule has 0 unspecified atom stereocenters. The van der Waals surface area contributed by atoms with Crippen LogP contribution in [0.1, 0.15) is 34.3 Å². The molecule has 0 atom stereocenters. The molecule has 1 rings (SSSR count). The van der Waals surface area contributed by atoms with Crippen molar-refractivity contribution in [2.75, 3.05) is 18.6 Å². The van der Waals surface area contributed by atoms with Crippen molar-refractivity contribution in [3.05, 3.63) is 41.0 Å². The van der Waals surface area contributed by atoms with E-state index >= 15 is 0 Å². The van der Waals surface area contributed by atoms with Gasteiger partial charge in [-0.05, 0) is 61.1 Å². The van der Waals surface area contributed by atoms with Crippen LogP contribution < -0.4 is 5.32 Å². The largest absolute Gasteiger partial charge is 0.478 e. The Bertz CT molecular complexity index is 526. The maximum absolute atomic E-state index is 12.0. The minimum absolute atomic E-state index is 0.0870. The van der Waals surface area contributed by atoms with Crippen molar-refractivity contribution in [1.82, 2.24) is 5.32 Å². The normalized spacial score (nSPS) is 10.8. The van der Waals surface area contributed by atoms with E-state index in [1.54, 1.807) is 30.0 Å². The first kappa shape index (κ1) is 17.3. The molecule has 1 amide bonds. The molecule has 114 valence electrons. The number of unbranched alkanes of at least 4 members (excludes halogenated alkanes) is 1. The van der Waals surface area contributed by atoms with E-state index in [1.165, 1.54) is 6.08 Å². The maximum atomic E-state index is 12.0. The monoisotopic (exact) mass is 307 g/mol. The van der Waals surface area contributed by atoms with E-state index in [9.17, 15) is 9.59 Å². The van der Waals surface area contributed by atoms with Crippen LogP contribution in [0.15, 0.2) is 24.3 Å². The summed E-state index contributed by atoms with van der Waals surface area (Å²) in [7, 11) is 0. The molecule has 4 nitrogen and oxygen atoms in total. The van der Waals surface area contributed by atoms with Gasteiger partial charge in [-0.15, -0.1) is 0 Å². The van der Waals surface area contributed by atoms with Crippen LogP contribution in [0.4, 0.5) is 0 Å². The third-order valence-corrected chi connectivity index (χ3v) is 3.70. The Morgan fingerprint density at radius 3 is 2.71 bits per heavy atom. The van der Waals surface area contributed by atoms with Crippen molar-refractivity contribution < 1.29 is 14.7 Å². The standard InChI is InChI=1S/C16H21NO3S/c1-12-11-14(6-5-13(12)7-8-15(18)19)16(20)17-9-3-4-10-21-2/h5-8,11H,3-4,9-10H2,1-2H3,(H,17,20)(H,18,19)/b8-7+. The summed E-state index contributed by atoms with van der Waals surface area (Å²) in [6, 6.07) is 5.25. The highest BCUT2D eigenvalue weighted by Crippen LogP contribution is 2.13. The van der Waals surface area contributed by atoms with Crippen LogP contribution in [-0.4, -0.2) is 35.5 Å². The minimum Gasteiger partial charge on any atom is -0.478 e. The van der Waals surface area contributed by atoms with E-state index in [1.807, 2.05) is 6.92 Å². The van der Waals surface area contributed by atoms with Gasteiger partial charge in [0.25, 0.3) is 5.91 Å². The third-order valence-electron chi connectivity index (χ3n) is 3.00. The highest BCUT2D eigenvalue weighted by atomic mass is 32.2. The second-order valence-corrected chi connectivity index (χ2v) is 5.68. The molecule has 0 aliphatic carbocycles. The summed E-state index contributed by atoms with van der Waals surface area (Å²) in [5.74, 6) is 0.0389. The lowest BCUT2D eigenvalue weighted by molar-refractivity contribution is -0.131. The zero-order valence-corrected chi connectivity index (χ0v) is 13.2. The molecule has 0 saturated heterocycles. The van der Waals surface area contributed by atoms with E-state index < -0.39 is 5.97 Å². The summed E-state index contributed by atoms with van der Waals surface area (Å²) in [6.45, 7) is 2.54. The van der Waals surface area contributed by atoms with Gasteiger partial charge in [0.1, 0.15) is 0 Å². The SMILES string of the molecule is CSCCCCNC(=O)c1ccc(/C=C/C(=O)O)c(C)c1. The summed E-state index contributed by atoms with van der Waals surface area (Å²) in [4.78, 5) is 22.5. The van der Waals surface area contributed by atoms with E-state index in [0.717, 1.165) is 35.8 Å². The molecule has 1 aromatic carbocycles. The molecule has 0 spiro atoms. The molecule has 0 heterocycles. The molecule has 0 aliphatic heterocycles. The molecule has 0 saturated carbocycles. The Morgan fingerprint density at radius 1 is 1.33 bits per heavy atom. The van der Waals surface area contributed by atoms with Gasteiger partial charge in [0.05, 0.1) is 0 Å². The van der Waals surface area contributed by atoms with Gasteiger partial charge >= 0.3 is 5.97 Å². The fourth-order valence-corrected chi connectivity index (χ4v) is 2.33. The smallest absolute Gasteiger partial charge is 0.328 e. The van der Waals surface area contributed by atoms with Crippen molar-refractivity contribution in [1.29, 1.82) is 0 Å². The molecule has 2 N–H and O–H groups in total. The first-order chi connectivity index (χ1) is 10.0. The zero-order chi connectivity index (χ0) is 15.7. The number of amides is 1. The average Bonchev–Trinajstić information content (AvgIpc) is 2.45. The van der Waals surface area contributed by atoms with Crippen molar-refractivity contribution in [3.8, 4) is 0 Å². The summed E-state index contributed by atoms with van der Waals surface area (Å²) < 4.78 is 0. The number of rotatable bonds is 8. The Hall–Kier alpha value is -1.75. The fraction of sp³-hybridized carbons (Fsp3) is 0.375. The summed E-state index contributed by atoms with van der Waals surface area (Å²) in [5.41, 5.74) is 2.28. The summed E-state index contributed by atoms with van der Waals surface area (Å²) in [6.07, 6.45) is 6.77. The topological polar surface area (TPSA) is 66.4 Å². The predicted octanol–water partition coefficient (Wildman–Crippen LogP) is 2.97. The maximum Gasteiger partial charge on any atom is 0.328 e. The van der Waals surface area contributed by atoms with Gasteiger partial charge in [-0.1, -0.05) is 6.07 Å². The number of nitrogens with one attached hydrogen (secondary N) is 1. The minimum atomic E-state index is -0.985. The number of carboxylic acids is 1. The molecule has 1 aromatic rings. The number of thioether (sulfide) groups is 1. The molecule has 0 aromatic heterocycles. The number of carbonyl (C=O) groups excluding carboxylic acids is 1. The average molecular weight is 307 g/mol. The molecule has 21 heavy (non-hydrogen) atoms. The van der Waals surface area contributed by atoms with Gasteiger partial charge in [-0.25, -0.2) is 4.79 Å². The van der Waals surface area contributed by atoms with Crippen molar-refractivity contribution in [3.63, 3.8) is 0 Å². The van der Waals surface area contributed by atoms with Crippen LogP contribution in [0.25, 0.3) is 6.08 Å². The molecular formula is C16H21NO3S. The number of hydrogen-bond donors (Lipinski definition) is 2. The molecule has 0 aliphatic rings. The summed E-state index contributed by atoms with van der Waals surface area (Å²) >= 11 is 1.81. The van der Waals surface area contributed by atoms with Crippen molar-refractivity contribution >= 4 is 29.7 Å². The number of aryl methyl sites for hydroxylation is 1. The lowest BCUT2D eigenvalue weighted by atomic mass is 10.0. The first-order valence-electron chi connectivity index (χ1n) is 6.83. The fourth-order valence-electron chi connectivity index (χ4n) is 1.84. The van der Waals surface area contributed by atoms with E-state index in [2.05, 4.69) is 11.6 Å². The number of carboxylic acid groups (broad SMARTS) is 1. The van der Waals surface area contributed by atoms with Crippen molar-refractivity contribution in [2.45, 2.75) is 19.8 Å². The van der Waals surface area contributed by atoms with Crippen LogP contribution in [0.5, 0.6) is 0 Å². The third kappa shape index (κ3) is 6.49. The Morgan fingerprint density at radius 2 is 2.10 bits per heavy atom. The van der Waals surface area contributed by atoms with Gasteiger partial charge < -0.3 is 10.4 Å². The highest BCUT2D eigenvalue weighted by molar-refractivity contribution is 7.98.